The van der Waals surface area contributed by atoms with E-state index in [-0.39, 0.29) is 0 Å². The highest BCUT2D eigenvalue weighted by molar-refractivity contribution is 5.98. The van der Waals surface area contributed by atoms with E-state index in [4.69, 9.17) is 4.74 Å². The van der Waals surface area contributed by atoms with Crippen LogP contribution < -0.4 is 4.74 Å². The molecule has 14 heavy (non-hydrogen) atoms. The van der Waals surface area contributed by atoms with Gasteiger partial charge in [0.05, 0.1) is 13.7 Å². The van der Waals surface area contributed by atoms with Gasteiger partial charge in [-0.1, -0.05) is 18.2 Å². The number of hydrogen-bond donors (Lipinski definition) is 0. The maximum absolute atomic E-state index is 5.09. The van der Waals surface area contributed by atoms with Gasteiger partial charge in [-0.15, -0.1) is 0 Å². The number of methoxy groups -OCH3 is 1. The smallest absolute Gasteiger partial charge is 0.118 e. The molecule has 1 heterocycles. The Morgan fingerprint density at radius 2 is 2.07 bits per heavy atom. The average Bonchev–Trinajstić information content (AvgIpc) is 2.72. The van der Waals surface area contributed by atoms with E-state index < -0.39 is 0 Å². The number of nitrogens with zero attached hydrogens (tertiary/aromatic N) is 1. The van der Waals surface area contributed by atoms with Crippen molar-refractivity contribution in [1.29, 1.82) is 0 Å². The fourth-order valence-corrected chi connectivity index (χ4v) is 1.48. The fraction of sp³-hybridized carbons (Fsp3) is 0.250. The molecule has 2 rings (SSSR count). The number of aliphatic imine (C=N–C) groups is 1. The van der Waals surface area contributed by atoms with Gasteiger partial charge < -0.3 is 4.74 Å². The van der Waals surface area contributed by atoms with Gasteiger partial charge in [0.1, 0.15) is 5.75 Å². The lowest BCUT2D eigenvalue weighted by Crippen LogP contribution is -1.96. The Morgan fingerprint density at radius 3 is 2.64 bits per heavy atom. The van der Waals surface area contributed by atoms with Crippen molar-refractivity contribution >= 4 is 5.71 Å². The first-order chi connectivity index (χ1) is 6.88. The molecule has 72 valence electrons. The van der Waals surface area contributed by atoms with E-state index in [1.54, 1.807) is 7.11 Å². The maximum atomic E-state index is 5.09. The van der Waals surface area contributed by atoms with Crippen LogP contribution in [0.25, 0.3) is 0 Å². The third-order valence-electron chi connectivity index (χ3n) is 2.25. The van der Waals surface area contributed by atoms with E-state index in [1.165, 1.54) is 5.56 Å². The average molecular weight is 187 g/mol. The molecule has 1 aliphatic rings. The molecule has 0 saturated carbocycles. The van der Waals surface area contributed by atoms with E-state index >= 15 is 0 Å². The van der Waals surface area contributed by atoms with Crippen molar-refractivity contribution in [2.75, 3.05) is 13.7 Å². The standard InChI is InChI=1S/C12H13NO/c1-14-12-6-4-10(5-7-12)9-11-3-2-8-13-11/h2-7H,8-9H2,1H3. The third-order valence-corrected chi connectivity index (χ3v) is 2.25. The summed E-state index contributed by atoms with van der Waals surface area (Å²) in [5.74, 6) is 0.901. The van der Waals surface area contributed by atoms with Crippen LogP contribution in [0, 0.1) is 0 Å². The molecule has 0 N–H and O–H groups in total. The molecular formula is C12H13NO. The molecule has 0 spiro atoms. The molecule has 0 saturated heterocycles. The first-order valence-corrected chi connectivity index (χ1v) is 4.71. The molecule has 0 aliphatic carbocycles. The second-order valence-electron chi connectivity index (χ2n) is 3.26. The first-order valence-electron chi connectivity index (χ1n) is 4.71. The third kappa shape index (κ3) is 2.02. The Morgan fingerprint density at radius 1 is 1.29 bits per heavy atom. The summed E-state index contributed by atoms with van der Waals surface area (Å²) in [5.41, 5.74) is 2.44. The molecule has 1 aliphatic heterocycles. The number of hydrogen-bond acceptors (Lipinski definition) is 2. The van der Waals surface area contributed by atoms with Gasteiger partial charge in [-0.2, -0.15) is 0 Å². The Balaban J connectivity index is 2.06. The van der Waals surface area contributed by atoms with Gasteiger partial charge in [0.2, 0.25) is 0 Å². The van der Waals surface area contributed by atoms with E-state index in [2.05, 4.69) is 29.3 Å². The van der Waals surface area contributed by atoms with Gasteiger partial charge in [-0.05, 0) is 23.8 Å². The number of allylic oxidation sites excluding steroid dienone is 1. The second-order valence-corrected chi connectivity index (χ2v) is 3.26. The quantitative estimate of drug-likeness (QED) is 0.711. The van der Waals surface area contributed by atoms with Crippen LogP contribution in [0.2, 0.25) is 0 Å². The monoisotopic (exact) mass is 187 g/mol. The normalized spacial score (nSPS) is 14.2. The van der Waals surface area contributed by atoms with Crippen LogP contribution in [0.5, 0.6) is 5.75 Å². The summed E-state index contributed by atoms with van der Waals surface area (Å²) >= 11 is 0. The van der Waals surface area contributed by atoms with Gasteiger partial charge in [0.15, 0.2) is 0 Å². The largest absolute Gasteiger partial charge is 0.497 e. The molecule has 1 aromatic rings. The van der Waals surface area contributed by atoms with Crippen LogP contribution in [0.15, 0.2) is 41.4 Å². The van der Waals surface area contributed by atoms with Gasteiger partial charge >= 0.3 is 0 Å². The van der Waals surface area contributed by atoms with E-state index in [9.17, 15) is 0 Å². The minimum absolute atomic E-state index is 0.839. The lowest BCUT2D eigenvalue weighted by Gasteiger charge is -2.02. The lowest BCUT2D eigenvalue weighted by molar-refractivity contribution is 0.414. The Bertz CT molecular complexity index is 362. The molecule has 0 atom stereocenters. The summed E-state index contributed by atoms with van der Waals surface area (Å²) in [6.45, 7) is 0.839. The molecule has 2 nitrogen and oxygen atoms in total. The first kappa shape index (κ1) is 9.00. The van der Waals surface area contributed by atoms with Crippen LogP contribution in [-0.2, 0) is 6.42 Å². The van der Waals surface area contributed by atoms with Gasteiger partial charge in [-0.25, -0.2) is 0 Å². The topological polar surface area (TPSA) is 21.6 Å². The predicted octanol–water partition coefficient (Wildman–Crippen LogP) is 2.25. The molecule has 0 aromatic heterocycles. The Kier molecular flexibility index (Phi) is 2.63. The molecule has 2 heteroatoms. The van der Waals surface area contributed by atoms with Crippen molar-refractivity contribution in [2.24, 2.45) is 4.99 Å². The Hall–Kier alpha value is -1.57. The summed E-state index contributed by atoms with van der Waals surface area (Å²) in [5, 5.41) is 0. The van der Waals surface area contributed by atoms with Crippen molar-refractivity contribution < 1.29 is 4.74 Å². The van der Waals surface area contributed by atoms with Gasteiger partial charge in [0, 0.05) is 12.1 Å². The van der Waals surface area contributed by atoms with Crippen molar-refractivity contribution in [3.05, 3.63) is 42.0 Å². The number of benzene rings is 1. The zero-order valence-electron chi connectivity index (χ0n) is 8.23. The second kappa shape index (κ2) is 4.09. The Labute approximate surface area is 83.9 Å². The number of rotatable bonds is 3. The van der Waals surface area contributed by atoms with Crippen LogP contribution in [0.3, 0.4) is 0 Å². The minimum atomic E-state index is 0.839. The van der Waals surface area contributed by atoms with Gasteiger partial charge in [0.25, 0.3) is 0 Å². The summed E-state index contributed by atoms with van der Waals surface area (Å²) in [6, 6.07) is 8.12. The highest BCUT2D eigenvalue weighted by Gasteiger charge is 2.01. The van der Waals surface area contributed by atoms with E-state index in [0.29, 0.717) is 0 Å². The van der Waals surface area contributed by atoms with Crippen molar-refractivity contribution in [1.82, 2.24) is 0 Å². The van der Waals surface area contributed by atoms with Crippen LogP contribution in [0.1, 0.15) is 5.56 Å². The van der Waals surface area contributed by atoms with Crippen LogP contribution >= 0.6 is 0 Å². The summed E-state index contributed by atoms with van der Waals surface area (Å²) in [4.78, 5) is 4.35. The molecule has 0 bridgehead atoms. The van der Waals surface area contributed by atoms with E-state index in [1.807, 2.05) is 12.1 Å². The fourth-order valence-electron chi connectivity index (χ4n) is 1.48. The van der Waals surface area contributed by atoms with Crippen LogP contribution in [0.4, 0.5) is 0 Å². The van der Waals surface area contributed by atoms with Crippen LogP contribution in [-0.4, -0.2) is 19.4 Å². The summed E-state index contributed by atoms with van der Waals surface area (Å²) in [7, 11) is 1.68. The number of ether oxygens (including phenoxy) is 1. The molecule has 1 aromatic carbocycles. The van der Waals surface area contributed by atoms with Crippen molar-refractivity contribution in [3.63, 3.8) is 0 Å². The molecule has 0 fully saturated rings. The zero-order chi connectivity index (χ0) is 9.80. The highest BCUT2D eigenvalue weighted by Crippen LogP contribution is 2.12. The van der Waals surface area contributed by atoms with Gasteiger partial charge in [-0.3, -0.25) is 4.99 Å². The van der Waals surface area contributed by atoms with Crippen molar-refractivity contribution in [3.8, 4) is 5.75 Å². The maximum Gasteiger partial charge on any atom is 0.118 e. The molecule has 0 radical (unpaired) electrons. The zero-order valence-corrected chi connectivity index (χ0v) is 8.23. The summed E-state index contributed by atoms with van der Waals surface area (Å²) < 4.78 is 5.09. The lowest BCUT2D eigenvalue weighted by atomic mass is 10.1. The van der Waals surface area contributed by atoms with Crippen molar-refractivity contribution in [2.45, 2.75) is 6.42 Å². The molecular weight excluding hydrogens is 174 g/mol. The predicted molar refractivity (Wildman–Crippen MR) is 58.1 cm³/mol. The molecule has 0 amide bonds. The summed E-state index contributed by atoms with van der Waals surface area (Å²) in [6.07, 6.45) is 5.09. The highest BCUT2D eigenvalue weighted by atomic mass is 16.5. The molecule has 0 unspecified atom stereocenters. The SMILES string of the molecule is COc1ccc(CC2=NCC=C2)cc1. The minimum Gasteiger partial charge on any atom is -0.497 e. The van der Waals surface area contributed by atoms with E-state index in [0.717, 1.165) is 24.4 Å².